The van der Waals surface area contributed by atoms with Crippen LogP contribution in [0, 0.1) is 11.8 Å². The fourth-order valence-electron chi connectivity index (χ4n) is 2.59. The molecule has 1 rings (SSSR count). The average molecular weight is 270 g/mol. The summed E-state index contributed by atoms with van der Waals surface area (Å²) in [7, 11) is 0. The Labute approximate surface area is 117 Å². The van der Waals surface area contributed by atoms with Crippen molar-refractivity contribution in [2.45, 2.75) is 58.4 Å². The summed E-state index contributed by atoms with van der Waals surface area (Å²) in [6.07, 6.45) is 5.48. The van der Waals surface area contributed by atoms with Gasteiger partial charge in [-0.2, -0.15) is 0 Å². The van der Waals surface area contributed by atoms with Crippen molar-refractivity contribution in [3.63, 3.8) is 0 Å². The Morgan fingerprint density at radius 2 is 2.11 bits per heavy atom. The minimum absolute atomic E-state index is 0.258. The van der Waals surface area contributed by atoms with Crippen molar-refractivity contribution >= 4 is 5.91 Å². The summed E-state index contributed by atoms with van der Waals surface area (Å²) in [5.74, 6) is 0.644. The van der Waals surface area contributed by atoms with Gasteiger partial charge in [-0.25, -0.2) is 0 Å². The number of rotatable bonds is 11. The van der Waals surface area contributed by atoms with Crippen LogP contribution in [0.2, 0.25) is 0 Å². The number of primary amides is 1. The molecule has 1 fully saturated rings. The molecular weight excluding hydrogens is 240 g/mol. The summed E-state index contributed by atoms with van der Waals surface area (Å²) in [6, 6.07) is 0. The van der Waals surface area contributed by atoms with Gasteiger partial charge in [-0.05, 0) is 44.1 Å². The molecule has 0 heterocycles. The Balaban J connectivity index is 2.51. The van der Waals surface area contributed by atoms with E-state index in [9.17, 15) is 4.79 Å². The third-order valence-corrected chi connectivity index (χ3v) is 3.92. The molecular formula is C15H30N2O2. The van der Waals surface area contributed by atoms with Gasteiger partial charge in [-0.1, -0.05) is 27.2 Å². The van der Waals surface area contributed by atoms with Crippen LogP contribution in [-0.4, -0.2) is 31.2 Å². The quantitative estimate of drug-likeness (QED) is 0.604. The first kappa shape index (κ1) is 16.4. The van der Waals surface area contributed by atoms with Crippen LogP contribution >= 0.6 is 0 Å². The molecule has 19 heavy (non-hydrogen) atoms. The minimum atomic E-state index is -0.637. The Morgan fingerprint density at radius 1 is 1.42 bits per heavy atom. The zero-order chi connectivity index (χ0) is 14.3. The maximum absolute atomic E-state index is 11.9. The molecule has 0 aromatic carbocycles. The Bertz CT molecular complexity index is 279. The molecule has 0 bridgehead atoms. The van der Waals surface area contributed by atoms with Crippen molar-refractivity contribution in [3.05, 3.63) is 0 Å². The maximum atomic E-state index is 11.9. The summed E-state index contributed by atoms with van der Waals surface area (Å²) in [5, 5.41) is 3.35. The normalized spacial score (nSPS) is 19.9. The third kappa shape index (κ3) is 4.77. The van der Waals surface area contributed by atoms with E-state index in [-0.39, 0.29) is 5.91 Å². The number of hydrogen-bond donors (Lipinski definition) is 2. The number of carbonyl (C=O) groups is 1. The lowest BCUT2D eigenvalue weighted by Crippen LogP contribution is -2.60. The number of nitrogens with one attached hydrogen (secondary N) is 1. The number of hydrogen-bond acceptors (Lipinski definition) is 3. The highest BCUT2D eigenvalue weighted by Gasteiger charge is 2.49. The van der Waals surface area contributed by atoms with Gasteiger partial charge in [0.05, 0.1) is 6.61 Å². The van der Waals surface area contributed by atoms with Crippen LogP contribution in [0.1, 0.15) is 52.9 Å². The number of nitrogens with two attached hydrogens (primary N) is 1. The Kier molecular flexibility index (Phi) is 6.80. The summed E-state index contributed by atoms with van der Waals surface area (Å²) < 4.78 is 5.81. The van der Waals surface area contributed by atoms with Gasteiger partial charge in [0.2, 0.25) is 5.91 Å². The highest BCUT2D eigenvalue weighted by atomic mass is 16.5. The second kappa shape index (κ2) is 7.85. The molecule has 1 saturated carbocycles. The van der Waals surface area contributed by atoms with Crippen LogP contribution < -0.4 is 11.1 Å². The summed E-state index contributed by atoms with van der Waals surface area (Å²) in [5.41, 5.74) is 5.01. The van der Waals surface area contributed by atoms with E-state index < -0.39 is 5.54 Å². The minimum Gasteiger partial charge on any atom is -0.379 e. The lowest BCUT2D eigenvalue weighted by Gasteiger charge is -2.32. The highest BCUT2D eigenvalue weighted by Crippen LogP contribution is 2.40. The number of amides is 1. The molecule has 0 spiro atoms. The second-order valence-corrected chi connectivity index (χ2v) is 5.95. The van der Waals surface area contributed by atoms with E-state index in [2.05, 4.69) is 26.1 Å². The first-order chi connectivity index (χ1) is 9.06. The van der Waals surface area contributed by atoms with E-state index in [4.69, 9.17) is 10.5 Å². The van der Waals surface area contributed by atoms with Gasteiger partial charge in [0, 0.05) is 6.61 Å². The van der Waals surface area contributed by atoms with Crippen LogP contribution in [0.25, 0.3) is 0 Å². The molecule has 1 aliphatic rings. The molecule has 2 atom stereocenters. The molecule has 0 saturated heterocycles. The van der Waals surface area contributed by atoms with Crippen molar-refractivity contribution in [2.75, 3.05) is 19.8 Å². The first-order valence-electron chi connectivity index (χ1n) is 7.69. The standard InChI is InChI=1S/C15H30N2O2/c1-4-6-12(3)10-19-11-15(14(16)18,13-7-8-13)17-9-5-2/h12-13,17H,4-11H2,1-3H3,(H2,16,18). The summed E-state index contributed by atoms with van der Waals surface area (Å²) in [6.45, 7) is 8.40. The molecule has 4 heteroatoms. The van der Waals surface area contributed by atoms with Crippen LogP contribution in [0.3, 0.4) is 0 Å². The Morgan fingerprint density at radius 3 is 2.58 bits per heavy atom. The van der Waals surface area contributed by atoms with E-state index in [1.807, 2.05) is 0 Å². The highest BCUT2D eigenvalue weighted by molar-refractivity contribution is 5.85. The number of carbonyl (C=O) groups excluding carboxylic acids is 1. The topological polar surface area (TPSA) is 64.3 Å². The fourth-order valence-corrected chi connectivity index (χ4v) is 2.59. The van der Waals surface area contributed by atoms with Crippen LogP contribution in [0.15, 0.2) is 0 Å². The van der Waals surface area contributed by atoms with E-state index in [1.54, 1.807) is 0 Å². The van der Waals surface area contributed by atoms with Gasteiger partial charge in [-0.15, -0.1) is 0 Å². The molecule has 0 aromatic rings. The fraction of sp³-hybridized carbons (Fsp3) is 0.933. The van der Waals surface area contributed by atoms with Gasteiger partial charge < -0.3 is 15.8 Å². The maximum Gasteiger partial charge on any atom is 0.240 e. The molecule has 4 nitrogen and oxygen atoms in total. The second-order valence-electron chi connectivity index (χ2n) is 5.95. The predicted octanol–water partition coefficient (Wildman–Crippen LogP) is 2.07. The van der Waals surface area contributed by atoms with Crippen LogP contribution in [-0.2, 0) is 9.53 Å². The lowest BCUT2D eigenvalue weighted by atomic mass is 9.93. The van der Waals surface area contributed by atoms with Gasteiger partial charge in [0.15, 0.2) is 0 Å². The van der Waals surface area contributed by atoms with Crippen LogP contribution in [0.4, 0.5) is 0 Å². The van der Waals surface area contributed by atoms with Crippen molar-refractivity contribution in [1.82, 2.24) is 5.32 Å². The van der Waals surface area contributed by atoms with E-state index in [1.165, 1.54) is 6.42 Å². The smallest absolute Gasteiger partial charge is 0.240 e. The van der Waals surface area contributed by atoms with Crippen molar-refractivity contribution < 1.29 is 9.53 Å². The van der Waals surface area contributed by atoms with Crippen LogP contribution in [0.5, 0.6) is 0 Å². The van der Waals surface area contributed by atoms with E-state index in [0.717, 1.165) is 32.2 Å². The van der Waals surface area contributed by atoms with E-state index >= 15 is 0 Å². The monoisotopic (exact) mass is 270 g/mol. The molecule has 2 unspecified atom stereocenters. The van der Waals surface area contributed by atoms with E-state index in [0.29, 0.717) is 25.0 Å². The summed E-state index contributed by atoms with van der Waals surface area (Å²) >= 11 is 0. The molecule has 1 aliphatic carbocycles. The SMILES string of the molecule is CCCNC(COCC(C)CCC)(C(N)=O)C1CC1. The largest absolute Gasteiger partial charge is 0.379 e. The van der Waals surface area contributed by atoms with Crippen molar-refractivity contribution in [3.8, 4) is 0 Å². The van der Waals surface area contributed by atoms with Crippen molar-refractivity contribution in [2.24, 2.45) is 17.6 Å². The van der Waals surface area contributed by atoms with Crippen molar-refractivity contribution in [1.29, 1.82) is 0 Å². The third-order valence-electron chi connectivity index (χ3n) is 3.92. The Hall–Kier alpha value is -0.610. The van der Waals surface area contributed by atoms with Gasteiger partial charge in [-0.3, -0.25) is 4.79 Å². The zero-order valence-corrected chi connectivity index (χ0v) is 12.7. The summed E-state index contributed by atoms with van der Waals surface area (Å²) in [4.78, 5) is 11.9. The van der Waals surface area contributed by atoms with Gasteiger partial charge >= 0.3 is 0 Å². The van der Waals surface area contributed by atoms with Gasteiger partial charge in [0.25, 0.3) is 0 Å². The zero-order valence-electron chi connectivity index (χ0n) is 12.7. The first-order valence-corrected chi connectivity index (χ1v) is 7.69. The molecule has 0 aliphatic heterocycles. The lowest BCUT2D eigenvalue weighted by molar-refractivity contribution is -0.128. The molecule has 112 valence electrons. The molecule has 0 aromatic heterocycles. The predicted molar refractivity (Wildman–Crippen MR) is 77.8 cm³/mol. The van der Waals surface area contributed by atoms with Gasteiger partial charge in [0.1, 0.15) is 5.54 Å². The molecule has 0 radical (unpaired) electrons. The molecule has 1 amide bonds. The molecule has 3 N–H and O–H groups in total. The average Bonchev–Trinajstić information content (AvgIpc) is 3.18. The number of ether oxygens (including phenoxy) is 1.